The van der Waals surface area contributed by atoms with Crippen LogP contribution in [0.25, 0.3) is 60.6 Å². The Morgan fingerprint density at radius 2 is 0.667 bits per heavy atom. The van der Waals surface area contributed by atoms with Gasteiger partial charge >= 0.3 is 0 Å². The molecule has 0 saturated heterocycles. The van der Waals surface area contributed by atoms with Gasteiger partial charge in [0.25, 0.3) is 0 Å². The molecule has 0 fully saturated rings. The summed E-state index contributed by atoms with van der Waals surface area (Å²) in [6.45, 7) is 28.5. The molecule has 0 amide bonds. The number of fused-ring (bicyclic) bond motifs is 15. The maximum Gasteiger partial charge on any atom is 0.0658 e. The molecule has 0 nitrogen and oxygen atoms in total. The van der Waals surface area contributed by atoms with Crippen LogP contribution in [-0.2, 0) is 5.41 Å². The van der Waals surface area contributed by atoms with E-state index in [0.29, 0.717) is 0 Å². The van der Waals surface area contributed by atoms with Crippen molar-refractivity contribution in [1.29, 1.82) is 0 Å². The van der Waals surface area contributed by atoms with E-state index in [0.717, 1.165) is 0 Å². The summed E-state index contributed by atoms with van der Waals surface area (Å²) in [5.74, 6) is 0. The topological polar surface area (TPSA) is 0 Å². The van der Waals surface area contributed by atoms with Crippen LogP contribution in [0.2, 0.25) is 0 Å². The smallest absolute Gasteiger partial charge is 0.0645 e. The van der Waals surface area contributed by atoms with Crippen molar-refractivity contribution in [3.8, 4) is 22.3 Å². The Bertz CT molecular complexity index is 2690. The van der Waals surface area contributed by atoms with E-state index >= 15 is 0 Å². The van der Waals surface area contributed by atoms with Crippen LogP contribution in [0.3, 0.4) is 0 Å². The molecule has 2 aliphatic rings. The van der Waals surface area contributed by atoms with Crippen molar-refractivity contribution >= 4 is 38.4 Å². The van der Waals surface area contributed by atoms with Crippen LogP contribution in [-0.4, -0.2) is 0 Å². The normalized spacial score (nSPS) is 14.0. The monoisotopic (exact) mass is 660 g/mol. The fourth-order valence-electron chi connectivity index (χ4n) is 10.5. The molecule has 0 N–H and O–H groups in total. The lowest BCUT2D eigenvalue weighted by atomic mass is 9.63. The van der Waals surface area contributed by atoms with Gasteiger partial charge in [-0.1, -0.05) is 60.7 Å². The Hall–Kier alpha value is -4.94. The van der Waals surface area contributed by atoms with E-state index in [1.54, 1.807) is 0 Å². The summed E-state index contributed by atoms with van der Waals surface area (Å²) in [6.07, 6.45) is 5.07. The molecule has 0 atom stereocenters. The number of allylic oxidation sites excluding steroid dienone is 1. The molecule has 0 aromatic heterocycles. The minimum Gasteiger partial charge on any atom is -0.0645 e. The summed E-state index contributed by atoms with van der Waals surface area (Å²) >= 11 is 0. The van der Waals surface area contributed by atoms with Gasteiger partial charge in [0.05, 0.1) is 5.41 Å². The van der Waals surface area contributed by atoms with Crippen molar-refractivity contribution in [3.05, 3.63) is 156 Å². The minimum atomic E-state index is -0.471. The van der Waals surface area contributed by atoms with Gasteiger partial charge in [-0.3, -0.25) is 0 Å². The van der Waals surface area contributed by atoms with E-state index in [4.69, 9.17) is 0 Å². The predicted molar refractivity (Wildman–Crippen MR) is 222 cm³/mol. The standard InChI is InChI=1S/C51H48/c1-25-26(2)32(8)46-45(31(25)7)47-33(9)27(3)29(5)35(11)49(47)51(50-36(12)30(6)28(4)34(10)48(46)50)22-21-37-23-42-40-19-15-13-17-38(40)39-18-14-16-20-41(39)43(42)24-44(37)51/h13-24H,1-12H3. The Morgan fingerprint density at radius 1 is 0.333 bits per heavy atom. The Morgan fingerprint density at radius 3 is 1.08 bits per heavy atom. The average Bonchev–Trinajstić information content (AvgIpc) is 3.45. The highest BCUT2D eigenvalue weighted by Crippen LogP contribution is 2.62. The predicted octanol–water partition coefficient (Wildman–Crippen LogP) is 13.9. The molecule has 51 heavy (non-hydrogen) atoms. The van der Waals surface area contributed by atoms with Crippen LogP contribution in [0.15, 0.2) is 66.7 Å². The third-order valence-corrected chi connectivity index (χ3v) is 14.2. The number of hydrogen-bond donors (Lipinski definition) is 0. The molecule has 7 aromatic rings. The molecule has 0 heteroatoms. The lowest BCUT2D eigenvalue weighted by Crippen LogP contribution is -2.30. The van der Waals surface area contributed by atoms with Gasteiger partial charge in [-0.2, -0.15) is 0 Å². The highest BCUT2D eigenvalue weighted by atomic mass is 14.5. The summed E-state index contributed by atoms with van der Waals surface area (Å²) < 4.78 is 0. The second kappa shape index (κ2) is 10.5. The third-order valence-electron chi connectivity index (χ3n) is 14.2. The maximum absolute atomic E-state index is 2.61. The molecule has 2 aliphatic carbocycles. The third kappa shape index (κ3) is 3.76. The summed E-state index contributed by atoms with van der Waals surface area (Å²) in [5.41, 5.74) is 27.9. The molecular formula is C51H48. The van der Waals surface area contributed by atoms with E-state index in [1.165, 1.54) is 144 Å². The second-order valence-electron chi connectivity index (χ2n) is 16.0. The highest BCUT2D eigenvalue weighted by molar-refractivity contribution is 6.26. The first-order chi connectivity index (χ1) is 24.3. The zero-order valence-electron chi connectivity index (χ0n) is 32.4. The van der Waals surface area contributed by atoms with Crippen LogP contribution in [0, 0.1) is 83.1 Å². The fourth-order valence-corrected chi connectivity index (χ4v) is 10.5. The van der Waals surface area contributed by atoms with Crippen molar-refractivity contribution in [2.24, 2.45) is 0 Å². The fraction of sp³-hybridized carbons (Fsp3) is 0.255. The SMILES string of the molecule is Cc1c(C)c(C)c2c(c1C)-c1c(C)c(C)c(C)c(C)c1C1(C=Cc3cc4c5ccccc5c5ccccc5c4cc31)c1c(C)c(C)c(C)c(C)c1-2. The van der Waals surface area contributed by atoms with Gasteiger partial charge in [0.15, 0.2) is 0 Å². The number of benzene rings is 7. The van der Waals surface area contributed by atoms with Gasteiger partial charge in [0, 0.05) is 0 Å². The zero-order valence-corrected chi connectivity index (χ0v) is 32.4. The molecule has 0 bridgehead atoms. The van der Waals surface area contributed by atoms with Gasteiger partial charge in [-0.05, 0) is 239 Å². The molecule has 252 valence electrons. The molecule has 0 radical (unpaired) electrons. The molecular weight excluding hydrogens is 613 g/mol. The van der Waals surface area contributed by atoms with Gasteiger partial charge < -0.3 is 0 Å². The molecule has 0 unspecified atom stereocenters. The van der Waals surface area contributed by atoms with Gasteiger partial charge in [0.2, 0.25) is 0 Å². The molecule has 7 aromatic carbocycles. The maximum atomic E-state index is 2.61. The molecule has 0 aliphatic heterocycles. The average molecular weight is 661 g/mol. The second-order valence-corrected chi connectivity index (χ2v) is 16.0. The van der Waals surface area contributed by atoms with Crippen LogP contribution >= 0.6 is 0 Å². The summed E-state index contributed by atoms with van der Waals surface area (Å²) in [6, 6.07) is 23.1. The number of hydrogen-bond acceptors (Lipinski definition) is 0. The van der Waals surface area contributed by atoms with E-state index in [1.807, 2.05) is 0 Å². The summed E-state index contributed by atoms with van der Waals surface area (Å²) in [5, 5.41) is 7.97. The van der Waals surface area contributed by atoms with Crippen molar-refractivity contribution in [2.45, 2.75) is 88.5 Å². The van der Waals surface area contributed by atoms with Gasteiger partial charge in [-0.15, -0.1) is 0 Å². The minimum absolute atomic E-state index is 0.471. The van der Waals surface area contributed by atoms with Crippen LogP contribution in [0.5, 0.6) is 0 Å². The number of rotatable bonds is 0. The first kappa shape index (κ1) is 32.0. The van der Waals surface area contributed by atoms with Crippen molar-refractivity contribution in [1.82, 2.24) is 0 Å². The molecule has 0 saturated carbocycles. The Labute approximate surface area is 303 Å². The van der Waals surface area contributed by atoms with Crippen LogP contribution in [0.1, 0.15) is 89.0 Å². The largest absolute Gasteiger partial charge is 0.0658 e. The van der Waals surface area contributed by atoms with E-state index in [-0.39, 0.29) is 0 Å². The lowest BCUT2D eigenvalue weighted by Gasteiger charge is -2.38. The first-order valence-electron chi connectivity index (χ1n) is 18.7. The molecule has 0 heterocycles. The van der Waals surface area contributed by atoms with Gasteiger partial charge in [0.1, 0.15) is 0 Å². The molecule has 9 rings (SSSR count). The summed E-state index contributed by atoms with van der Waals surface area (Å²) in [4.78, 5) is 0. The van der Waals surface area contributed by atoms with Crippen LogP contribution in [0.4, 0.5) is 0 Å². The first-order valence-corrected chi connectivity index (χ1v) is 18.7. The van der Waals surface area contributed by atoms with E-state index in [2.05, 4.69) is 156 Å². The highest BCUT2D eigenvalue weighted by Gasteiger charge is 2.48. The zero-order chi connectivity index (χ0) is 36.0. The quantitative estimate of drug-likeness (QED) is 0.142. The van der Waals surface area contributed by atoms with E-state index in [9.17, 15) is 0 Å². The van der Waals surface area contributed by atoms with E-state index < -0.39 is 5.41 Å². The van der Waals surface area contributed by atoms with Crippen molar-refractivity contribution < 1.29 is 0 Å². The van der Waals surface area contributed by atoms with Crippen molar-refractivity contribution in [2.75, 3.05) is 0 Å². The van der Waals surface area contributed by atoms with Crippen LogP contribution < -0.4 is 0 Å². The summed E-state index contributed by atoms with van der Waals surface area (Å²) in [7, 11) is 0. The Kier molecular flexibility index (Phi) is 6.62. The van der Waals surface area contributed by atoms with Gasteiger partial charge in [-0.25, -0.2) is 0 Å². The molecule has 1 spiro atoms. The van der Waals surface area contributed by atoms with Crippen molar-refractivity contribution in [3.63, 3.8) is 0 Å². The lowest BCUT2D eigenvalue weighted by molar-refractivity contribution is 0.779. The Balaban J connectivity index is 1.60.